The lowest BCUT2D eigenvalue weighted by atomic mass is 10.2. The molecule has 0 aliphatic heterocycles. The molecule has 0 unspecified atom stereocenters. The highest BCUT2D eigenvalue weighted by Crippen LogP contribution is 2.22. The molecule has 7 heteroatoms. The number of anilines is 3. The summed E-state index contributed by atoms with van der Waals surface area (Å²) in [4.78, 5) is 11.4. The summed E-state index contributed by atoms with van der Waals surface area (Å²) in [5.74, 6) is 3.47. The summed E-state index contributed by atoms with van der Waals surface area (Å²) in [6.07, 6.45) is 1.03. The van der Waals surface area contributed by atoms with Crippen LogP contribution in [0, 0.1) is 6.92 Å². The first-order valence-corrected chi connectivity index (χ1v) is 8.63. The first-order chi connectivity index (χ1) is 12.6. The lowest BCUT2D eigenvalue weighted by molar-refractivity contribution is 0.400. The second-order valence-electron chi connectivity index (χ2n) is 6.36. The first kappa shape index (κ1) is 17.9. The van der Waals surface area contributed by atoms with Crippen molar-refractivity contribution in [3.05, 3.63) is 48.2 Å². The van der Waals surface area contributed by atoms with E-state index in [-0.39, 0.29) is 0 Å². The smallest absolute Gasteiger partial charge is 0.175 e. The van der Waals surface area contributed by atoms with Gasteiger partial charge in [-0.05, 0) is 34.0 Å². The predicted octanol–water partition coefficient (Wildman–Crippen LogP) is 3.55. The lowest BCUT2D eigenvalue weighted by Gasteiger charge is -2.12. The van der Waals surface area contributed by atoms with E-state index in [1.807, 2.05) is 49.4 Å². The molecule has 0 radical (unpaired) electrons. The third-order valence-electron chi connectivity index (χ3n) is 3.73. The van der Waals surface area contributed by atoms with Gasteiger partial charge in [0.05, 0.1) is 0 Å². The molecule has 0 saturated heterocycles. The summed E-state index contributed by atoms with van der Waals surface area (Å²) in [5.41, 5.74) is 0.962. The van der Waals surface area contributed by atoms with Crippen LogP contribution in [0.3, 0.4) is 0 Å². The highest BCUT2D eigenvalue weighted by Gasteiger charge is 2.09. The van der Waals surface area contributed by atoms with Gasteiger partial charge in [-0.25, -0.2) is 9.97 Å². The Morgan fingerprint density at radius 3 is 2.46 bits per heavy atom. The summed E-state index contributed by atoms with van der Waals surface area (Å²) in [6, 6.07) is 13.6. The Balaban J connectivity index is 1.81. The van der Waals surface area contributed by atoms with Crippen LogP contribution in [0.5, 0.6) is 0 Å². The molecule has 26 heavy (non-hydrogen) atoms. The van der Waals surface area contributed by atoms with E-state index in [1.165, 1.54) is 0 Å². The maximum absolute atomic E-state index is 5.11. The molecule has 0 aliphatic rings. The summed E-state index contributed by atoms with van der Waals surface area (Å²) in [6.45, 7) is 3.71. The zero-order valence-electron chi connectivity index (χ0n) is 15.4. The van der Waals surface area contributed by atoms with E-state index in [2.05, 4.69) is 44.8 Å². The van der Waals surface area contributed by atoms with Crippen molar-refractivity contribution in [1.29, 1.82) is 0 Å². The van der Waals surface area contributed by atoms with E-state index in [9.17, 15) is 0 Å². The molecule has 0 spiro atoms. The van der Waals surface area contributed by atoms with Gasteiger partial charge in [0.25, 0.3) is 0 Å². The van der Waals surface area contributed by atoms with Gasteiger partial charge in [-0.2, -0.15) is 0 Å². The van der Waals surface area contributed by atoms with Crippen LogP contribution in [0.25, 0.3) is 11.4 Å². The normalized spacial score (nSPS) is 10.9. The van der Waals surface area contributed by atoms with Crippen molar-refractivity contribution in [1.82, 2.24) is 20.0 Å². The molecular formula is C19H24N6O. The minimum absolute atomic E-state index is 0.624. The third kappa shape index (κ3) is 5.03. The van der Waals surface area contributed by atoms with Gasteiger partial charge >= 0.3 is 0 Å². The van der Waals surface area contributed by atoms with E-state index in [4.69, 9.17) is 4.52 Å². The van der Waals surface area contributed by atoms with Crippen LogP contribution >= 0.6 is 0 Å². The van der Waals surface area contributed by atoms with Crippen molar-refractivity contribution in [3.8, 4) is 11.4 Å². The Morgan fingerprint density at radius 1 is 1.00 bits per heavy atom. The Labute approximate surface area is 153 Å². The average molecular weight is 352 g/mol. The monoisotopic (exact) mass is 352 g/mol. The second-order valence-corrected chi connectivity index (χ2v) is 6.36. The molecule has 0 amide bonds. The molecule has 2 N–H and O–H groups in total. The first-order valence-electron chi connectivity index (χ1n) is 8.63. The summed E-state index contributed by atoms with van der Waals surface area (Å²) in [5, 5.41) is 10.5. The average Bonchev–Trinajstić information content (AvgIpc) is 3.04. The molecule has 3 rings (SSSR count). The van der Waals surface area contributed by atoms with Gasteiger partial charge in [0.1, 0.15) is 17.4 Å². The zero-order chi connectivity index (χ0) is 18.4. The molecular weight excluding hydrogens is 328 g/mol. The standard InChI is InChI=1S/C19H24N6O/c1-14-12-18(24-26-14)21-17-13-16(20-10-7-11-25(2)3)22-19(23-17)15-8-5-4-6-9-15/h4-6,8-9,12-13H,7,10-11H2,1-3H3,(H2,20,21,22,23,24). The van der Waals surface area contributed by atoms with Gasteiger partial charge in [0.15, 0.2) is 11.6 Å². The van der Waals surface area contributed by atoms with Crippen LogP contribution in [0.15, 0.2) is 47.0 Å². The van der Waals surface area contributed by atoms with Gasteiger partial charge in [-0.1, -0.05) is 35.5 Å². The predicted molar refractivity (Wildman–Crippen MR) is 104 cm³/mol. The van der Waals surface area contributed by atoms with Gasteiger partial charge in [0.2, 0.25) is 0 Å². The molecule has 0 atom stereocenters. The fourth-order valence-corrected chi connectivity index (χ4v) is 2.49. The number of nitrogens with one attached hydrogen (secondary N) is 2. The van der Waals surface area contributed by atoms with Crippen molar-refractivity contribution in [3.63, 3.8) is 0 Å². The van der Waals surface area contributed by atoms with Crippen LogP contribution in [-0.4, -0.2) is 47.2 Å². The Kier molecular flexibility index (Phi) is 5.80. The third-order valence-corrected chi connectivity index (χ3v) is 3.73. The molecule has 0 aliphatic carbocycles. The van der Waals surface area contributed by atoms with Crippen LogP contribution in [0.4, 0.5) is 17.5 Å². The fraction of sp³-hybridized carbons (Fsp3) is 0.316. The topological polar surface area (TPSA) is 79.1 Å². The van der Waals surface area contributed by atoms with Gasteiger partial charge in [-0.3, -0.25) is 0 Å². The molecule has 0 bridgehead atoms. The number of rotatable bonds is 8. The van der Waals surface area contributed by atoms with E-state index in [1.54, 1.807) is 0 Å². The number of benzene rings is 1. The second kappa shape index (κ2) is 8.44. The largest absolute Gasteiger partial charge is 0.370 e. The highest BCUT2D eigenvalue weighted by molar-refractivity contribution is 5.63. The van der Waals surface area contributed by atoms with Gasteiger partial charge < -0.3 is 20.1 Å². The number of hydrogen-bond donors (Lipinski definition) is 2. The number of nitrogens with zero attached hydrogens (tertiary/aromatic N) is 4. The molecule has 7 nitrogen and oxygen atoms in total. The van der Waals surface area contributed by atoms with Crippen molar-refractivity contribution in [2.75, 3.05) is 37.8 Å². The number of hydrogen-bond acceptors (Lipinski definition) is 7. The molecule has 1 aromatic carbocycles. The van der Waals surface area contributed by atoms with Gasteiger partial charge in [0, 0.05) is 24.2 Å². The molecule has 0 fully saturated rings. The van der Waals surface area contributed by atoms with E-state index in [0.29, 0.717) is 17.5 Å². The maximum atomic E-state index is 5.11. The van der Waals surface area contributed by atoms with Crippen molar-refractivity contribution in [2.24, 2.45) is 0 Å². The summed E-state index contributed by atoms with van der Waals surface area (Å²) in [7, 11) is 4.14. The van der Waals surface area contributed by atoms with E-state index in [0.717, 1.165) is 36.7 Å². The van der Waals surface area contributed by atoms with Crippen LogP contribution in [0.2, 0.25) is 0 Å². The molecule has 136 valence electrons. The number of aryl methyl sites for hydroxylation is 1. The SMILES string of the molecule is Cc1cc(Nc2cc(NCCCN(C)C)nc(-c3ccccc3)n2)no1. The molecule has 2 heterocycles. The van der Waals surface area contributed by atoms with Gasteiger partial charge in [-0.15, -0.1) is 0 Å². The maximum Gasteiger partial charge on any atom is 0.175 e. The van der Waals surface area contributed by atoms with E-state index >= 15 is 0 Å². The van der Waals surface area contributed by atoms with Crippen molar-refractivity contribution >= 4 is 17.5 Å². The zero-order valence-corrected chi connectivity index (χ0v) is 15.4. The molecule has 2 aromatic heterocycles. The highest BCUT2D eigenvalue weighted by atomic mass is 16.5. The van der Waals surface area contributed by atoms with Crippen LogP contribution in [0.1, 0.15) is 12.2 Å². The van der Waals surface area contributed by atoms with Crippen molar-refractivity contribution < 1.29 is 4.52 Å². The Hall–Kier alpha value is -2.93. The summed E-state index contributed by atoms with van der Waals surface area (Å²) >= 11 is 0. The number of aromatic nitrogens is 3. The summed E-state index contributed by atoms with van der Waals surface area (Å²) < 4.78 is 5.11. The molecule has 3 aromatic rings. The minimum Gasteiger partial charge on any atom is -0.370 e. The van der Waals surface area contributed by atoms with E-state index < -0.39 is 0 Å². The lowest BCUT2D eigenvalue weighted by Crippen LogP contribution is -2.16. The molecule has 0 saturated carbocycles. The Morgan fingerprint density at radius 2 is 1.77 bits per heavy atom. The Bertz CT molecular complexity index is 831. The minimum atomic E-state index is 0.624. The van der Waals surface area contributed by atoms with Crippen LogP contribution < -0.4 is 10.6 Å². The quantitative estimate of drug-likeness (QED) is 0.600. The van der Waals surface area contributed by atoms with Crippen LogP contribution in [-0.2, 0) is 0 Å². The fourth-order valence-electron chi connectivity index (χ4n) is 2.49. The van der Waals surface area contributed by atoms with Crippen molar-refractivity contribution in [2.45, 2.75) is 13.3 Å².